The third-order valence-electron chi connectivity index (χ3n) is 7.89. The van der Waals surface area contributed by atoms with E-state index in [1.54, 1.807) is 11.0 Å². The smallest absolute Gasteiger partial charge is 0.410 e. The highest BCUT2D eigenvalue weighted by Gasteiger charge is 2.40. The number of hydrogen-bond donors (Lipinski definition) is 1. The van der Waals surface area contributed by atoms with Crippen LogP contribution in [0.5, 0.6) is 0 Å². The quantitative estimate of drug-likeness (QED) is 0.563. The summed E-state index contributed by atoms with van der Waals surface area (Å²) in [6.45, 7) is 6.91. The summed E-state index contributed by atoms with van der Waals surface area (Å²) in [7, 11) is 0. The van der Waals surface area contributed by atoms with Crippen LogP contribution in [-0.4, -0.2) is 97.6 Å². The zero-order valence-electron chi connectivity index (χ0n) is 23.9. The highest BCUT2D eigenvalue weighted by atomic mass is 19.1. The molecule has 1 N–H and O–H groups in total. The number of ether oxygens (including phenoxy) is 1. The van der Waals surface area contributed by atoms with Gasteiger partial charge in [0.2, 0.25) is 0 Å². The number of carbonyl (C=O) groups excluding carboxylic acids is 3. The molecule has 1 aliphatic carbocycles. The van der Waals surface area contributed by atoms with Gasteiger partial charge >= 0.3 is 6.09 Å². The topological polar surface area (TPSA) is 116 Å². The standard InChI is InChI=1S/C30H38FN5O5/c1-30(2,3)41-29(40)34-13-10-22(11-14-34)36(21-7-8-21)27(38)20-16-32-26(33-17-20)19-6-9-24(25(31)15-19)28(39)35-12-4-5-23(35)18-37/h6,9,15-17,21-23,37H,4-5,7-8,10-14,18H2,1-3H3/t23-/m1/s1. The zero-order valence-corrected chi connectivity index (χ0v) is 23.9. The number of aliphatic hydroxyl groups excluding tert-OH is 1. The van der Waals surface area contributed by atoms with E-state index in [4.69, 9.17) is 4.74 Å². The number of carbonyl (C=O) groups is 3. The molecule has 1 saturated carbocycles. The Bertz CT molecular complexity index is 1290. The van der Waals surface area contributed by atoms with Crippen LogP contribution in [0.25, 0.3) is 11.4 Å². The average molecular weight is 568 g/mol. The Kier molecular flexibility index (Phi) is 8.26. The maximum atomic E-state index is 15.0. The van der Waals surface area contributed by atoms with Crippen molar-refractivity contribution in [1.82, 2.24) is 24.7 Å². The number of aromatic nitrogens is 2. The maximum Gasteiger partial charge on any atom is 0.410 e. The molecule has 3 amide bonds. The van der Waals surface area contributed by atoms with Gasteiger partial charge in [-0.25, -0.2) is 19.2 Å². The van der Waals surface area contributed by atoms with Crippen LogP contribution in [0.15, 0.2) is 30.6 Å². The molecule has 0 spiro atoms. The van der Waals surface area contributed by atoms with Crippen molar-refractivity contribution >= 4 is 17.9 Å². The molecule has 10 nitrogen and oxygen atoms in total. The normalized spacial score (nSPS) is 19.8. The molecule has 5 rings (SSSR count). The SMILES string of the molecule is CC(C)(C)OC(=O)N1CCC(N(C(=O)c2cnc(-c3ccc(C(=O)N4CCC[C@@H]4CO)c(F)c3)nc2)C2CC2)CC1. The van der Waals surface area contributed by atoms with E-state index in [9.17, 15) is 23.9 Å². The molecule has 3 aliphatic rings. The molecular formula is C30H38FN5O5. The first-order chi connectivity index (χ1) is 19.6. The predicted octanol–water partition coefficient (Wildman–Crippen LogP) is 3.88. The number of benzene rings is 1. The molecule has 41 heavy (non-hydrogen) atoms. The van der Waals surface area contributed by atoms with Gasteiger partial charge in [0.05, 0.1) is 23.8 Å². The predicted molar refractivity (Wildman–Crippen MR) is 149 cm³/mol. The summed E-state index contributed by atoms with van der Waals surface area (Å²) in [4.78, 5) is 52.7. The van der Waals surface area contributed by atoms with Crippen LogP contribution < -0.4 is 0 Å². The molecule has 0 unspecified atom stereocenters. The Hall–Kier alpha value is -3.60. The number of halogens is 1. The van der Waals surface area contributed by atoms with E-state index in [2.05, 4.69) is 9.97 Å². The monoisotopic (exact) mass is 567 g/mol. The lowest BCUT2D eigenvalue weighted by molar-refractivity contribution is 0.0142. The molecule has 0 radical (unpaired) electrons. The number of aliphatic hydroxyl groups is 1. The Labute approximate surface area is 239 Å². The van der Waals surface area contributed by atoms with Crippen molar-refractivity contribution in [2.24, 2.45) is 0 Å². The summed E-state index contributed by atoms with van der Waals surface area (Å²) >= 11 is 0. The van der Waals surface area contributed by atoms with E-state index in [-0.39, 0.29) is 48.1 Å². The Morgan fingerprint density at radius 1 is 1.02 bits per heavy atom. The molecular weight excluding hydrogens is 529 g/mol. The number of piperidine rings is 1. The van der Waals surface area contributed by atoms with Gasteiger partial charge in [0.1, 0.15) is 11.4 Å². The van der Waals surface area contributed by atoms with Crippen LogP contribution in [0.1, 0.15) is 80.0 Å². The molecule has 1 aromatic carbocycles. The first-order valence-corrected chi connectivity index (χ1v) is 14.4. The highest BCUT2D eigenvalue weighted by Crippen LogP contribution is 2.33. The van der Waals surface area contributed by atoms with Crippen molar-refractivity contribution in [2.75, 3.05) is 26.2 Å². The first-order valence-electron chi connectivity index (χ1n) is 14.4. The van der Waals surface area contributed by atoms with E-state index in [0.29, 0.717) is 50.0 Å². The fourth-order valence-electron chi connectivity index (χ4n) is 5.65. The van der Waals surface area contributed by atoms with Crippen molar-refractivity contribution < 1.29 is 28.6 Å². The maximum absolute atomic E-state index is 15.0. The molecule has 1 aromatic heterocycles. The van der Waals surface area contributed by atoms with Crippen LogP contribution in [0.2, 0.25) is 0 Å². The van der Waals surface area contributed by atoms with Crippen LogP contribution in [0, 0.1) is 5.82 Å². The molecule has 1 atom stereocenters. The Morgan fingerprint density at radius 3 is 2.27 bits per heavy atom. The van der Waals surface area contributed by atoms with Gasteiger partial charge < -0.3 is 24.5 Å². The molecule has 11 heteroatoms. The Balaban J connectivity index is 1.24. The fourth-order valence-corrected chi connectivity index (χ4v) is 5.65. The van der Waals surface area contributed by atoms with Gasteiger partial charge in [-0.3, -0.25) is 9.59 Å². The lowest BCUT2D eigenvalue weighted by atomic mass is 10.0. The van der Waals surface area contributed by atoms with Gasteiger partial charge in [-0.2, -0.15) is 0 Å². The van der Waals surface area contributed by atoms with Crippen LogP contribution in [-0.2, 0) is 4.74 Å². The molecule has 2 aliphatic heterocycles. The van der Waals surface area contributed by atoms with Gasteiger partial charge in [-0.05, 0) is 71.4 Å². The van der Waals surface area contributed by atoms with E-state index in [0.717, 1.165) is 19.3 Å². The summed E-state index contributed by atoms with van der Waals surface area (Å²) in [5, 5.41) is 9.51. The average Bonchev–Trinajstić information content (AvgIpc) is 3.66. The van der Waals surface area contributed by atoms with Gasteiger partial charge in [-0.1, -0.05) is 6.07 Å². The molecule has 2 aromatic rings. The minimum absolute atomic E-state index is 0.00794. The minimum Gasteiger partial charge on any atom is -0.444 e. The van der Waals surface area contributed by atoms with Crippen molar-refractivity contribution in [3.05, 3.63) is 47.5 Å². The van der Waals surface area contributed by atoms with Crippen LogP contribution in [0.3, 0.4) is 0 Å². The third kappa shape index (κ3) is 6.50. The van der Waals surface area contributed by atoms with Gasteiger partial charge in [0.25, 0.3) is 11.8 Å². The second-order valence-corrected chi connectivity index (χ2v) is 12.1. The third-order valence-corrected chi connectivity index (χ3v) is 7.89. The molecule has 3 heterocycles. The number of likely N-dealkylation sites (tertiary alicyclic amines) is 2. The summed E-state index contributed by atoms with van der Waals surface area (Å²) in [6, 6.07) is 4.12. The van der Waals surface area contributed by atoms with Crippen LogP contribution in [0.4, 0.5) is 9.18 Å². The number of hydrogen-bond acceptors (Lipinski definition) is 7. The van der Waals surface area contributed by atoms with E-state index >= 15 is 0 Å². The Morgan fingerprint density at radius 2 is 1.68 bits per heavy atom. The molecule has 3 fully saturated rings. The minimum atomic E-state index is -0.683. The number of amides is 3. The lowest BCUT2D eigenvalue weighted by Gasteiger charge is -2.39. The van der Waals surface area contributed by atoms with Crippen molar-refractivity contribution in [2.45, 2.75) is 83.0 Å². The summed E-state index contributed by atoms with van der Waals surface area (Å²) < 4.78 is 20.5. The largest absolute Gasteiger partial charge is 0.444 e. The summed E-state index contributed by atoms with van der Waals surface area (Å²) in [5.74, 6) is -1.02. The summed E-state index contributed by atoms with van der Waals surface area (Å²) in [5.41, 5.74) is 0.135. The second-order valence-electron chi connectivity index (χ2n) is 12.1. The first kappa shape index (κ1) is 28.9. The van der Waals surface area contributed by atoms with Crippen molar-refractivity contribution in [1.29, 1.82) is 0 Å². The van der Waals surface area contributed by atoms with Gasteiger partial charge in [0, 0.05) is 49.7 Å². The lowest BCUT2D eigenvalue weighted by Crippen LogP contribution is -2.50. The van der Waals surface area contributed by atoms with Gasteiger partial charge in [-0.15, -0.1) is 0 Å². The van der Waals surface area contributed by atoms with E-state index in [1.807, 2.05) is 25.7 Å². The van der Waals surface area contributed by atoms with E-state index < -0.39 is 17.3 Å². The fraction of sp³-hybridized carbons (Fsp3) is 0.567. The van der Waals surface area contributed by atoms with Crippen molar-refractivity contribution in [3.8, 4) is 11.4 Å². The summed E-state index contributed by atoms with van der Waals surface area (Å²) in [6.07, 6.45) is 7.29. The molecule has 2 saturated heterocycles. The molecule has 220 valence electrons. The number of rotatable bonds is 6. The van der Waals surface area contributed by atoms with E-state index in [1.165, 1.54) is 29.4 Å². The van der Waals surface area contributed by atoms with Gasteiger partial charge in [0.15, 0.2) is 5.82 Å². The second kappa shape index (κ2) is 11.7. The van der Waals surface area contributed by atoms with Crippen molar-refractivity contribution in [3.63, 3.8) is 0 Å². The zero-order chi connectivity index (χ0) is 29.3. The molecule has 0 bridgehead atoms. The highest BCUT2D eigenvalue weighted by molar-refractivity contribution is 5.96. The number of nitrogens with zero attached hydrogens (tertiary/aromatic N) is 5. The van der Waals surface area contributed by atoms with Crippen LogP contribution >= 0.6 is 0 Å².